The summed E-state index contributed by atoms with van der Waals surface area (Å²) in [5.41, 5.74) is 2.30. The van der Waals surface area contributed by atoms with E-state index < -0.39 is 0 Å². The summed E-state index contributed by atoms with van der Waals surface area (Å²) in [7, 11) is 1.93. The lowest BCUT2D eigenvalue weighted by molar-refractivity contribution is 0.478. The predicted molar refractivity (Wildman–Crippen MR) is 87.8 cm³/mol. The van der Waals surface area contributed by atoms with Crippen LogP contribution in [0.2, 0.25) is 5.02 Å². The normalized spacial score (nSPS) is 10.6. The molecule has 2 aromatic carbocycles. The highest BCUT2D eigenvalue weighted by Crippen LogP contribution is 2.32. The number of aryl methyl sites for hydroxylation is 1. The molecule has 0 aliphatic heterocycles. The zero-order chi connectivity index (χ0) is 14.5. The molecule has 0 unspecified atom stereocenters. The van der Waals surface area contributed by atoms with Gasteiger partial charge in [0.2, 0.25) is 0 Å². The van der Waals surface area contributed by atoms with Gasteiger partial charge in [0, 0.05) is 11.6 Å². The summed E-state index contributed by atoms with van der Waals surface area (Å²) < 4.78 is 6.86. The first-order valence-corrected chi connectivity index (χ1v) is 7.70. The minimum absolute atomic E-state index is 0.781. The summed E-state index contributed by atoms with van der Waals surface area (Å²) in [6, 6.07) is 11.8. The zero-order valence-corrected chi connectivity index (χ0v) is 13.9. The SMILES string of the molecule is CCc1cc(Oc2ccc(CNC)cc2Br)ccc1Cl. The van der Waals surface area contributed by atoms with Crippen molar-refractivity contribution in [2.45, 2.75) is 19.9 Å². The van der Waals surface area contributed by atoms with Crippen LogP contribution in [0.1, 0.15) is 18.1 Å². The van der Waals surface area contributed by atoms with Gasteiger partial charge >= 0.3 is 0 Å². The standard InChI is InChI=1S/C16H17BrClNO/c1-3-12-9-13(5-6-15(12)18)20-16-7-4-11(10-19-2)8-14(16)17/h4-9,19H,3,10H2,1-2H3. The Hall–Kier alpha value is -1.03. The number of rotatable bonds is 5. The lowest BCUT2D eigenvalue weighted by Crippen LogP contribution is -2.04. The third kappa shape index (κ3) is 3.75. The van der Waals surface area contributed by atoms with E-state index in [9.17, 15) is 0 Å². The summed E-state index contributed by atoms with van der Waals surface area (Å²) in [6.45, 7) is 2.91. The molecule has 0 heterocycles. The van der Waals surface area contributed by atoms with Crippen molar-refractivity contribution >= 4 is 27.5 Å². The van der Waals surface area contributed by atoms with Gasteiger partial charge in [-0.25, -0.2) is 0 Å². The fraction of sp³-hybridized carbons (Fsp3) is 0.250. The largest absolute Gasteiger partial charge is 0.456 e. The van der Waals surface area contributed by atoms with E-state index in [-0.39, 0.29) is 0 Å². The van der Waals surface area contributed by atoms with E-state index in [1.54, 1.807) is 0 Å². The Balaban J connectivity index is 2.21. The molecule has 0 spiro atoms. The first kappa shape index (κ1) is 15.4. The van der Waals surface area contributed by atoms with Gasteiger partial charge in [-0.15, -0.1) is 0 Å². The molecule has 4 heteroatoms. The second-order valence-corrected chi connectivity index (χ2v) is 5.77. The van der Waals surface area contributed by atoms with Crippen LogP contribution in [0.3, 0.4) is 0 Å². The van der Waals surface area contributed by atoms with Gasteiger partial charge in [-0.05, 0) is 70.9 Å². The summed E-state index contributed by atoms with van der Waals surface area (Å²) >= 11 is 9.66. The van der Waals surface area contributed by atoms with E-state index >= 15 is 0 Å². The first-order chi connectivity index (χ1) is 9.63. The number of halogens is 2. The second-order valence-electron chi connectivity index (χ2n) is 4.50. The second kappa shape index (κ2) is 7.11. The van der Waals surface area contributed by atoms with Gasteiger partial charge in [0.15, 0.2) is 0 Å². The Morgan fingerprint density at radius 2 is 2.00 bits per heavy atom. The molecule has 0 aliphatic rings. The van der Waals surface area contributed by atoms with Crippen LogP contribution in [0.4, 0.5) is 0 Å². The van der Waals surface area contributed by atoms with Crippen molar-refractivity contribution < 1.29 is 4.74 Å². The molecule has 0 aliphatic carbocycles. The Labute approximate surface area is 133 Å². The Morgan fingerprint density at radius 3 is 2.65 bits per heavy atom. The summed E-state index contributed by atoms with van der Waals surface area (Å²) in [4.78, 5) is 0. The van der Waals surface area contributed by atoms with Crippen LogP contribution in [0, 0.1) is 0 Å². The van der Waals surface area contributed by atoms with E-state index in [4.69, 9.17) is 16.3 Å². The van der Waals surface area contributed by atoms with Gasteiger partial charge in [-0.2, -0.15) is 0 Å². The van der Waals surface area contributed by atoms with Crippen molar-refractivity contribution in [3.63, 3.8) is 0 Å². The van der Waals surface area contributed by atoms with Gasteiger partial charge in [-0.3, -0.25) is 0 Å². The monoisotopic (exact) mass is 353 g/mol. The van der Waals surface area contributed by atoms with Crippen molar-refractivity contribution in [3.05, 3.63) is 57.0 Å². The van der Waals surface area contributed by atoms with Crippen molar-refractivity contribution in [2.24, 2.45) is 0 Å². The quantitative estimate of drug-likeness (QED) is 0.799. The van der Waals surface area contributed by atoms with Crippen LogP contribution < -0.4 is 10.1 Å². The molecule has 0 fully saturated rings. The van der Waals surface area contributed by atoms with E-state index in [1.807, 2.05) is 37.4 Å². The van der Waals surface area contributed by atoms with Gasteiger partial charge in [0.25, 0.3) is 0 Å². The highest BCUT2D eigenvalue weighted by atomic mass is 79.9. The number of nitrogens with one attached hydrogen (secondary N) is 1. The fourth-order valence-electron chi connectivity index (χ4n) is 1.95. The molecule has 2 nitrogen and oxygen atoms in total. The highest BCUT2D eigenvalue weighted by molar-refractivity contribution is 9.10. The van der Waals surface area contributed by atoms with Crippen molar-refractivity contribution in [1.29, 1.82) is 0 Å². The molecule has 0 aromatic heterocycles. The van der Waals surface area contributed by atoms with Crippen LogP contribution in [0.5, 0.6) is 11.5 Å². The summed E-state index contributed by atoms with van der Waals surface area (Å²) in [5.74, 6) is 1.60. The number of hydrogen-bond donors (Lipinski definition) is 1. The maximum atomic E-state index is 6.11. The molecule has 106 valence electrons. The first-order valence-electron chi connectivity index (χ1n) is 6.53. The molecule has 2 rings (SSSR count). The molecule has 20 heavy (non-hydrogen) atoms. The van der Waals surface area contributed by atoms with Crippen molar-refractivity contribution in [1.82, 2.24) is 5.32 Å². The predicted octanol–water partition coefficient (Wildman–Crippen LogP) is 5.18. The molecule has 0 saturated heterocycles. The topological polar surface area (TPSA) is 21.3 Å². The van der Waals surface area contributed by atoms with Crippen molar-refractivity contribution in [3.8, 4) is 11.5 Å². The maximum absolute atomic E-state index is 6.11. The van der Waals surface area contributed by atoms with Gasteiger partial charge in [0.1, 0.15) is 11.5 Å². The van der Waals surface area contributed by atoms with Gasteiger partial charge in [-0.1, -0.05) is 24.6 Å². The molecule has 0 radical (unpaired) electrons. The maximum Gasteiger partial charge on any atom is 0.141 e. The van der Waals surface area contributed by atoms with E-state index in [0.717, 1.165) is 39.5 Å². The number of ether oxygens (including phenoxy) is 1. The third-order valence-electron chi connectivity index (χ3n) is 3.00. The summed E-state index contributed by atoms with van der Waals surface area (Å²) in [6.07, 6.45) is 0.887. The molecule has 0 atom stereocenters. The Kier molecular flexibility index (Phi) is 5.46. The minimum atomic E-state index is 0.781. The van der Waals surface area contributed by atoms with Crippen LogP contribution >= 0.6 is 27.5 Å². The number of benzene rings is 2. The van der Waals surface area contributed by atoms with E-state index in [2.05, 4.69) is 34.2 Å². The molecule has 0 bridgehead atoms. The lowest BCUT2D eigenvalue weighted by atomic mass is 10.1. The van der Waals surface area contributed by atoms with E-state index in [1.165, 1.54) is 5.56 Å². The van der Waals surface area contributed by atoms with E-state index in [0.29, 0.717) is 0 Å². The summed E-state index contributed by atoms with van der Waals surface area (Å²) in [5, 5.41) is 3.91. The minimum Gasteiger partial charge on any atom is -0.456 e. The molecule has 2 aromatic rings. The third-order valence-corrected chi connectivity index (χ3v) is 3.99. The number of hydrogen-bond acceptors (Lipinski definition) is 2. The van der Waals surface area contributed by atoms with Crippen LogP contribution in [-0.2, 0) is 13.0 Å². The Bertz CT molecular complexity index is 601. The average molecular weight is 355 g/mol. The van der Waals surface area contributed by atoms with Gasteiger partial charge < -0.3 is 10.1 Å². The van der Waals surface area contributed by atoms with Crippen molar-refractivity contribution in [2.75, 3.05) is 7.05 Å². The molecular weight excluding hydrogens is 338 g/mol. The smallest absolute Gasteiger partial charge is 0.141 e. The van der Waals surface area contributed by atoms with Gasteiger partial charge in [0.05, 0.1) is 4.47 Å². The fourth-order valence-corrected chi connectivity index (χ4v) is 2.71. The molecular formula is C16H17BrClNO. The van der Waals surface area contributed by atoms with Crippen LogP contribution in [-0.4, -0.2) is 7.05 Å². The lowest BCUT2D eigenvalue weighted by Gasteiger charge is -2.11. The van der Waals surface area contributed by atoms with Crippen LogP contribution in [0.15, 0.2) is 40.9 Å². The zero-order valence-electron chi connectivity index (χ0n) is 11.5. The molecule has 0 saturated carbocycles. The average Bonchev–Trinajstić information content (AvgIpc) is 2.44. The van der Waals surface area contributed by atoms with Crippen LogP contribution in [0.25, 0.3) is 0 Å². The highest BCUT2D eigenvalue weighted by Gasteiger charge is 2.06. The molecule has 0 amide bonds. The molecule has 1 N–H and O–H groups in total. The Morgan fingerprint density at radius 1 is 1.20 bits per heavy atom.